The Labute approximate surface area is 289 Å². The Morgan fingerprint density at radius 3 is 1.70 bits per heavy atom. The molecule has 50 heavy (non-hydrogen) atoms. The Morgan fingerprint density at radius 2 is 1.10 bits per heavy atom. The van der Waals surface area contributed by atoms with Gasteiger partial charge in [-0.1, -0.05) is 97.1 Å². The van der Waals surface area contributed by atoms with Crippen LogP contribution in [0.1, 0.15) is 22.4 Å². The largest absolute Gasteiger partial charge is 0.309 e. The Balaban J connectivity index is 1.15. The summed E-state index contributed by atoms with van der Waals surface area (Å²) in [5, 5.41) is 33.7. The SMILES string of the molecule is N#Cc1ccc(-n2c3c(c4ccccc42)CC(C#N)C=C3)c(-c2ccc(-c3ccc(-n4c5ccccc5c5ccccc54)cc3)cc2)c1C#N. The molecule has 0 radical (unpaired) electrons. The Kier molecular flexibility index (Phi) is 6.70. The highest BCUT2D eigenvalue weighted by Crippen LogP contribution is 2.41. The average Bonchev–Trinajstić information content (AvgIpc) is 3.70. The number of allylic oxidation sites excluding steroid dienone is 1. The zero-order valence-corrected chi connectivity index (χ0v) is 26.9. The van der Waals surface area contributed by atoms with Crippen molar-refractivity contribution in [1.29, 1.82) is 15.8 Å². The van der Waals surface area contributed by atoms with E-state index in [1.54, 1.807) is 6.07 Å². The Bertz CT molecular complexity index is 2760. The van der Waals surface area contributed by atoms with E-state index in [9.17, 15) is 15.8 Å². The fraction of sp³-hybridized carbons (Fsp3) is 0.0444. The molecule has 1 aliphatic carbocycles. The molecular weight excluding hydrogens is 611 g/mol. The van der Waals surface area contributed by atoms with Gasteiger partial charge in [0.15, 0.2) is 0 Å². The van der Waals surface area contributed by atoms with Gasteiger partial charge in [0.2, 0.25) is 0 Å². The van der Waals surface area contributed by atoms with Crippen LogP contribution in [0.25, 0.3) is 72.4 Å². The summed E-state index contributed by atoms with van der Waals surface area (Å²) in [5.41, 5.74) is 11.7. The fourth-order valence-electron chi connectivity index (χ4n) is 7.67. The van der Waals surface area contributed by atoms with E-state index in [1.807, 2.05) is 42.5 Å². The van der Waals surface area contributed by atoms with Gasteiger partial charge in [0.25, 0.3) is 0 Å². The predicted molar refractivity (Wildman–Crippen MR) is 200 cm³/mol. The molecule has 5 nitrogen and oxygen atoms in total. The molecule has 0 fully saturated rings. The molecule has 0 saturated carbocycles. The first-order valence-corrected chi connectivity index (χ1v) is 16.6. The molecule has 0 saturated heterocycles. The molecule has 2 heterocycles. The minimum atomic E-state index is -0.194. The zero-order chi connectivity index (χ0) is 33.8. The van der Waals surface area contributed by atoms with Crippen LogP contribution in [0.4, 0.5) is 0 Å². The van der Waals surface area contributed by atoms with Gasteiger partial charge in [-0.3, -0.25) is 0 Å². The van der Waals surface area contributed by atoms with E-state index in [1.165, 1.54) is 21.8 Å². The third kappa shape index (κ3) is 4.37. The van der Waals surface area contributed by atoms with Crippen LogP contribution in [-0.4, -0.2) is 9.13 Å². The summed E-state index contributed by atoms with van der Waals surface area (Å²) in [6.45, 7) is 0. The van der Waals surface area contributed by atoms with Gasteiger partial charge in [0.05, 0.1) is 45.4 Å². The van der Waals surface area contributed by atoms with Crippen LogP contribution < -0.4 is 0 Å². The van der Waals surface area contributed by atoms with Crippen LogP contribution in [0.3, 0.4) is 0 Å². The summed E-state index contributed by atoms with van der Waals surface area (Å²) in [5.74, 6) is -0.194. The molecule has 0 bridgehead atoms. The highest BCUT2D eigenvalue weighted by Gasteiger charge is 2.25. The number of rotatable bonds is 4. The van der Waals surface area contributed by atoms with Crippen LogP contribution in [-0.2, 0) is 6.42 Å². The van der Waals surface area contributed by atoms with Gasteiger partial charge in [-0.25, -0.2) is 0 Å². The van der Waals surface area contributed by atoms with Gasteiger partial charge in [-0.05, 0) is 77.2 Å². The van der Waals surface area contributed by atoms with E-state index in [2.05, 4.69) is 124 Å². The van der Waals surface area contributed by atoms with Crippen molar-refractivity contribution in [3.05, 3.63) is 162 Å². The van der Waals surface area contributed by atoms with Crippen LogP contribution in [0.5, 0.6) is 0 Å². The van der Waals surface area contributed by atoms with Crippen LogP contribution in [0.2, 0.25) is 0 Å². The first kappa shape index (κ1) is 29.0. The summed E-state index contributed by atoms with van der Waals surface area (Å²) in [4.78, 5) is 0. The van der Waals surface area contributed by atoms with Gasteiger partial charge < -0.3 is 9.13 Å². The molecule has 2 aromatic heterocycles. The van der Waals surface area contributed by atoms with Crippen molar-refractivity contribution in [3.63, 3.8) is 0 Å². The number of hydrogen-bond donors (Lipinski definition) is 0. The van der Waals surface area contributed by atoms with Crippen LogP contribution in [0, 0.1) is 39.9 Å². The molecular formula is C45H27N5. The maximum atomic E-state index is 10.4. The first-order chi connectivity index (χ1) is 24.7. The second-order valence-corrected chi connectivity index (χ2v) is 12.6. The summed E-state index contributed by atoms with van der Waals surface area (Å²) >= 11 is 0. The summed E-state index contributed by atoms with van der Waals surface area (Å²) < 4.78 is 4.48. The molecule has 0 amide bonds. The van der Waals surface area contributed by atoms with Gasteiger partial charge in [0, 0.05) is 33.1 Å². The number of fused-ring (bicyclic) bond motifs is 6. The van der Waals surface area contributed by atoms with E-state index in [0.29, 0.717) is 23.1 Å². The number of nitrogens with zero attached hydrogens (tertiary/aromatic N) is 5. The molecule has 1 unspecified atom stereocenters. The number of aromatic nitrogens is 2. The quantitative estimate of drug-likeness (QED) is 0.193. The molecule has 1 atom stereocenters. The molecule has 232 valence electrons. The van der Waals surface area contributed by atoms with E-state index < -0.39 is 0 Å². The highest BCUT2D eigenvalue weighted by atomic mass is 15.0. The molecule has 0 N–H and O–H groups in total. The lowest BCUT2D eigenvalue weighted by Gasteiger charge is -2.19. The Morgan fingerprint density at radius 1 is 0.540 bits per heavy atom. The summed E-state index contributed by atoms with van der Waals surface area (Å²) in [6.07, 6.45) is 4.59. The molecule has 5 heteroatoms. The van der Waals surface area contributed by atoms with Gasteiger partial charge in [-0.2, -0.15) is 15.8 Å². The zero-order valence-electron chi connectivity index (χ0n) is 26.9. The number of hydrogen-bond acceptors (Lipinski definition) is 3. The lowest BCUT2D eigenvalue weighted by Crippen LogP contribution is -2.08. The minimum Gasteiger partial charge on any atom is -0.309 e. The maximum absolute atomic E-state index is 10.4. The number of para-hydroxylation sites is 3. The fourth-order valence-corrected chi connectivity index (χ4v) is 7.67. The van der Waals surface area contributed by atoms with Crippen molar-refractivity contribution in [1.82, 2.24) is 9.13 Å². The highest BCUT2D eigenvalue weighted by molar-refractivity contribution is 6.09. The smallest absolute Gasteiger partial charge is 0.101 e. The van der Waals surface area contributed by atoms with Crippen molar-refractivity contribution >= 4 is 38.8 Å². The van der Waals surface area contributed by atoms with E-state index in [-0.39, 0.29) is 5.92 Å². The van der Waals surface area contributed by atoms with Gasteiger partial charge in [-0.15, -0.1) is 0 Å². The Hall–Kier alpha value is -7.13. The normalized spacial score (nSPS) is 13.6. The molecule has 8 aromatic rings. The first-order valence-electron chi connectivity index (χ1n) is 16.6. The van der Waals surface area contributed by atoms with Crippen LogP contribution >= 0.6 is 0 Å². The summed E-state index contributed by atoms with van der Waals surface area (Å²) in [6, 6.07) is 52.7. The number of benzene rings is 6. The number of nitriles is 3. The van der Waals surface area contributed by atoms with Crippen molar-refractivity contribution < 1.29 is 0 Å². The lowest BCUT2D eigenvalue weighted by molar-refractivity contribution is 0.809. The second-order valence-electron chi connectivity index (χ2n) is 12.6. The molecule has 1 aliphatic rings. The maximum Gasteiger partial charge on any atom is 0.101 e. The standard InChI is InChI=1S/C45H27N5/c46-26-29-13-23-43-38(25-29)37-9-3-6-12-42(37)50(43)44-24-20-33(27-47)39(28-48)45(44)32-16-14-30(15-17-32)31-18-21-34(22-19-31)49-40-10-4-1-7-35(40)36-8-2-5-11-41(36)49/h1-24,29H,25H2. The predicted octanol–water partition coefficient (Wildman–Crippen LogP) is 10.5. The van der Waals surface area contributed by atoms with Gasteiger partial charge in [0.1, 0.15) is 12.1 Å². The van der Waals surface area contributed by atoms with E-state index in [4.69, 9.17) is 0 Å². The topological polar surface area (TPSA) is 81.2 Å². The molecule has 0 spiro atoms. The van der Waals surface area contributed by atoms with E-state index >= 15 is 0 Å². The molecule has 0 aliphatic heterocycles. The third-order valence-electron chi connectivity index (χ3n) is 9.97. The minimum absolute atomic E-state index is 0.194. The monoisotopic (exact) mass is 637 g/mol. The molecule has 9 rings (SSSR count). The van der Waals surface area contributed by atoms with Crippen molar-refractivity contribution in [3.8, 4) is 51.8 Å². The van der Waals surface area contributed by atoms with Crippen molar-refractivity contribution in [2.75, 3.05) is 0 Å². The van der Waals surface area contributed by atoms with Crippen LogP contribution in [0.15, 0.2) is 140 Å². The van der Waals surface area contributed by atoms with Crippen molar-refractivity contribution in [2.24, 2.45) is 5.92 Å². The third-order valence-corrected chi connectivity index (χ3v) is 9.97. The molecule has 6 aromatic carbocycles. The summed E-state index contributed by atoms with van der Waals surface area (Å²) in [7, 11) is 0. The van der Waals surface area contributed by atoms with E-state index in [0.717, 1.165) is 50.2 Å². The van der Waals surface area contributed by atoms with Gasteiger partial charge >= 0.3 is 0 Å². The second kappa shape index (κ2) is 11.5. The average molecular weight is 638 g/mol. The lowest BCUT2D eigenvalue weighted by atomic mass is 9.92. The van der Waals surface area contributed by atoms with Crippen molar-refractivity contribution in [2.45, 2.75) is 6.42 Å².